The molecule has 3 N–H and O–H groups in total. The third-order valence-corrected chi connectivity index (χ3v) is 2.44. The number of nitriles is 1. The summed E-state index contributed by atoms with van der Waals surface area (Å²) in [5, 5.41) is 11.9. The normalized spacial score (nSPS) is 12.2. The van der Waals surface area contributed by atoms with Crippen LogP contribution in [0.25, 0.3) is 0 Å². The molecule has 3 nitrogen and oxygen atoms in total. The molecule has 0 heterocycles. The molecular weight excluding hydrogens is 217 g/mol. The van der Waals surface area contributed by atoms with Crippen LogP contribution < -0.4 is 11.1 Å². The smallest absolute Gasteiger partial charge is 0.126 e. The van der Waals surface area contributed by atoms with Crippen LogP contribution in [0.5, 0.6) is 0 Å². The molecule has 0 amide bonds. The largest absolute Gasteiger partial charge is 0.381 e. The topological polar surface area (TPSA) is 61.8 Å². The van der Waals surface area contributed by atoms with Crippen molar-refractivity contribution in [1.29, 1.82) is 5.26 Å². The number of anilines is 1. The van der Waals surface area contributed by atoms with E-state index in [0.29, 0.717) is 23.7 Å². The highest BCUT2D eigenvalue weighted by atomic mass is 19.1. The monoisotopic (exact) mass is 235 g/mol. The summed E-state index contributed by atoms with van der Waals surface area (Å²) >= 11 is 0. The Labute approximate surface area is 101 Å². The lowest BCUT2D eigenvalue weighted by molar-refractivity contribution is 0.521. The van der Waals surface area contributed by atoms with Crippen molar-refractivity contribution in [2.75, 3.05) is 11.9 Å². The van der Waals surface area contributed by atoms with Crippen LogP contribution in [-0.4, -0.2) is 12.6 Å². The molecule has 4 heteroatoms. The summed E-state index contributed by atoms with van der Waals surface area (Å²) in [6, 6.07) is 6.25. The molecule has 1 aromatic rings. The van der Waals surface area contributed by atoms with Gasteiger partial charge >= 0.3 is 0 Å². The predicted molar refractivity (Wildman–Crippen MR) is 67.0 cm³/mol. The summed E-state index contributed by atoms with van der Waals surface area (Å²) in [7, 11) is 0. The van der Waals surface area contributed by atoms with Crippen LogP contribution in [0.2, 0.25) is 0 Å². The Balaban J connectivity index is 2.79. The van der Waals surface area contributed by atoms with Crippen molar-refractivity contribution < 1.29 is 4.39 Å². The number of benzene rings is 1. The minimum absolute atomic E-state index is 0.100. The fraction of sp³-hybridized carbons (Fsp3) is 0.462. The maximum Gasteiger partial charge on any atom is 0.126 e. The predicted octanol–water partition coefficient (Wildman–Crippen LogP) is 2.48. The Morgan fingerprint density at radius 3 is 2.65 bits per heavy atom. The van der Waals surface area contributed by atoms with Crippen molar-refractivity contribution >= 4 is 5.69 Å². The molecule has 0 saturated heterocycles. The molecule has 0 radical (unpaired) electrons. The van der Waals surface area contributed by atoms with E-state index in [9.17, 15) is 4.39 Å². The summed E-state index contributed by atoms with van der Waals surface area (Å²) in [5.41, 5.74) is 6.58. The van der Waals surface area contributed by atoms with Gasteiger partial charge in [0.05, 0.1) is 11.6 Å². The van der Waals surface area contributed by atoms with E-state index in [2.05, 4.69) is 19.2 Å². The van der Waals surface area contributed by atoms with E-state index in [1.807, 2.05) is 6.07 Å². The summed E-state index contributed by atoms with van der Waals surface area (Å²) in [6.07, 6.45) is 0.912. The second kappa shape index (κ2) is 6.21. The van der Waals surface area contributed by atoms with Crippen LogP contribution in [0.4, 0.5) is 10.1 Å². The van der Waals surface area contributed by atoms with Crippen LogP contribution in [0.15, 0.2) is 18.2 Å². The molecule has 0 aliphatic heterocycles. The molecule has 1 atom stereocenters. The number of hydrogen-bond acceptors (Lipinski definition) is 3. The molecule has 0 spiro atoms. The Kier molecular flexibility index (Phi) is 4.92. The minimum atomic E-state index is -0.410. The zero-order chi connectivity index (χ0) is 12.8. The van der Waals surface area contributed by atoms with E-state index in [1.165, 1.54) is 12.1 Å². The molecule has 1 rings (SSSR count). The van der Waals surface area contributed by atoms with Gasteiger partial charge in [-0.05, 0) is 30.5 Å². The summed E-state index contributed by atoms with van der Waals surface area (Å²) in [6.45, 7) is 4.70. The average Bonchev–Trinajstić information content (AvgIpc) is 2.26. The number of rotatable bonds is 5. The molecule has 1 unspecified atom stereocenters. The zero-order valence-electron chi connectivity index (χ0n) is 10.2. The highest BCUT2D eigenvalue weighted by Crippen LogP contribution is 2.16. The summed E-state index contributed by atoms with van der Waals surface area (Å²) < 4.78 is 13.2. The standard InChI is InChI=1S/C13H18FN3/c1-9(2)3-13(8-16)17-12-5-10(7-15)4-11(14)6-12/h4-6,9,13,17H,3,8,16H2,1-2H3. The van der Waals surface area contributed by atoms with Crippen LogP contribution in [0, 0.1) is 23.1 Å². The number of hydrogen-bond donors (Lipinski definition) is 2. The Hall–Kier alpha value is -1.60. The first-order chi connectivity index (χ1) is 8.05. The second-order valence-electron chi connectivity index (χ2n) is 4.55. The molecule has 17 heavy (non-hydrogen) atoms. The van der Waals surface area contributed by atoms with Gasteiger partial charge in [-0.15, -0.1) is 0 Å². The Morgan fingerprint density at radius 2 is 2.12 bits per heavy atom. The molecule has 0 fully saturated rings. The first-order valence-corrected chi connectivity index (χ1v) is 5.72. The molecule has 0 aliphatic rings. The number of halogens is 1. The third-order valence-electron chi connectivity index (χ3n) is 2.44. The van der Waals surface area contributed by atoms with Crippen LogP contribution in [0.3, 0.4) is 0 Å². The number of nitrogens with one attached hydrogen (secondary N) is 1. The van der Waals surface area contributed by atoms with Gasteiger partial charge in [-0.3, -0.25) is 0 Å². The fourth-order valence-corrected chi connectivity index (χ4v) is 1.76. The summed E-state index contributed by atoms with van der Waals surface area (Å²) in [5.74, 6) is 0.104. The molecule has 0 aliphatic carbocycles. The van der Waals surface area contributed by atoms with E-state index in [0.717, 1.165) is 6.42 Å². The van der Waals surface area contributed by atoms with Crippen molar-refractivity contribution in [3.63, 3.8) is 0 Å². The third kappa shape index (κ3) is 4.41. The van der Waals surface area contributed by atoms with Crippen molar-refractivity contribution in [2.45, 2.75) is 26.3 Å². The van der Waals surface area contributed by atoms with Crippen molar-refractivity contribution in [3.8, 4) is 6.07 Å². The van der Waals surface area contributed by atoms with Crippen molar-refractivity contribution in [2.24, 2.45) is 11.7 Å². The van der Waals surface area contributed by atoms with Crippen LogP contribution in [0.1, 0.15) is 25.8 Å². The quantitative estimate of drug-likeness (QED) is 0.824. The number of nitrogens with two attached hydrogens (primary N) is 1. The first kappa shape index (κ1) is 13.5. The van der Waals surface area contributed by atoms with Crippen molar-refractivity contribution in [1.82, 2.24) is 0 Å². The van der Waals surface area contributed by atoms with E-state index in [1.54, 1.807) is 6.07 Å². The fourth-order valence-electron chi connectivity index (χ4n) is 1.76. The number of nitrogens with zero attached hydrogens (tertiary/aromatic N) is 1. The molecule has 0 aromatic heterocycles. The minimum Gasteiger partial charge on any atom is -0.381 e. The SMILES string of the molecule is CC(C)CC(CN)Nc1cc(F)cc(C#N)c1. The van der Waals surface area contributed by atoms with Gasteiger partial charge in [-0.1, -0.05) is 13.8 Å². The Bertz CT molecular complexity index is 410. The maximum atomic E-state index is 13.2. The molecule has 92 valence electrons. The van der Waals surface area contributed by atoms with E-state index in [4.69, 9.17) is 11.0 Å². The summed E-state index contributed by atoms with van der Waals surface area (Å²) in [4.78, 5) is 0. The van der Waals surface area contributed by atoms with Gasteiger partial charge in [0, 0.05) is 18.3 Å². The lowest BCUT2D eigenvalue weighted by atomic mass is 10.0. The second-order valence-corrected chi connectivity index (χ2v) is 4.55. The van der Waals surface area contributed by atoms with Gasteiger partial charge in [-0.2, -0.15) is 5.26 Å². The van der Waals surface area contributed by atoms with E-state index in [-0.39, 0.29) is 6.04 Å². The maximum absolute atomic E-state index is 13.2. The first-order valence-electron chi connectivity index (χ1n) is 5.72. The van der Waals surface area contributed by atoms with Gasteiger partial charge in [0.1, 0.15) is 5.82 Å². The average molecular weight is 235 g/mol. The Morgan fingerprint density at radius 1 is 1.41 bits per heavy atom. The van der Waals surface area contributed by atoms with Crippen molar-refractivity contribution in [3.05, 3.63) is 29.6 Å². The van der Waals surface area contributed by atoms with Crippen LogP contribution in [-0.2, 0) is 0 Å². The lowest BCUT2D eigenvalue weighted by Gasteiger charge is -2.20. The van der Waals surface area contributed by atoms with E-state index >= 15 is 0 Å². The highest BCUT2D eigenvalue weighted by Gasteiger charge is 2.10. The van der Waals surface area contributed by atoms with Gasteiger partial charge < -0.3 is 11.1 Å². The highest BCUT2D eigenvalue weighted by molar-refractivity contribution is 5.50. The van der Waals surface area contributed by atoms with Crippen LogP contribution >= 0.6 is 0 Å². The van der Waals surface area contributed by atoms with E-state index < -0.39 is 5.82 Å². The molecule has 0 saturated carbocycles. The van der Waals surface area contributed by atoms with Gasteiger partial charge in [0.15, 0.2) is 0 Å². The molecule has 0 bridgehead atoms. The molecular formula is C13H18FN3. The lowest BCUT2D eigenvalue weighted by Crippen LogP contribution is -2.30. The zero-order valence-corrected chi connectivity index (χ0v) is 10.2. The van der Waals surface area contributed by atoms with Gasteiger partial charge in [0.2, 0.25) is 0 Å². The molecule has 1 aromatic carbocycles. The van der Waals surface area contributed by atoms with Gasteiger partial charge in [-0.25, -0.2) is 4.39 Å². The van der Waals surface area contributed by atoms with Gasteiger partial charge in [0.25, 0.3) is 0 Å².